The molecule has 6 nitrogen and oxygen atoms in total. The zero-order valence-corrected chi connectivity index (χ0v) is 15.8. The summed E-state index contributed by atoms with van der Waals surface area (Å²) in [5, 5.41) is 5.12. The van der Waals surface area contributed by atoms with Crippen molar-refractivity contribution in [1.29, 1.82) is 0 Å². The summed E-state index contributed by atoms with van der Waals surface area (Å²) in [4.78, 5) is 37.9. The number of nitrogens with zero attached hydrogens (tertiary/aromatic N) is 1. The van der Waals surface area contributed by atoms with Crippen molar-refractivity contribution in [1.82, 2.24) is 10.2 Å². The Balaban J connectivity index is 1.84. The Bertz CT molecular complexity index is 996. The van der Waals surface area contributed by atoms with Crippen LogP contribution < -0.4 is 10.6 Å². The van der Waals surface area contributed by atoms with Gasteiger partial charge in [-0.15, -0.1) is 0 Å². The van der Waals surface area contributed by atoms with Crippen LogP contribution in [-0.4, -0.2) is 29.3 Å². The molecule has 2 N–H and O–H groups in total. The highest BCUT2D eigenvalue weighted by molar-refractivity contribution is 6.30. The van der Waals surface area contributed by atoms with E-state index in [2.05, 4.69) is 10.6 Å². The van der Waals surface area contributed by atoms with Crippen molar-refractivity contribution in [3.8, 4) is 0 Å². The third-order valence-electron chi connectivity index (χ3n) is 4.46. The lowest BCUT2D eigenvalue weighted by atomic mass is 9.87. The van der Waals surface area contributed by atoms with Crippen LogP contribution in [0, 0.1) is 0 Å². The maximum Gasteiger partial charge on any atom is 0.416 e. The number of imide groups is 1. The Morgan fingerprint density at radius 2 is 1.86 bits per heavy atom. The molecule has 2 aromatic carbocycles. The molecule has 3 rings (SSSR count). The van der Waals surface area contributed by atoms with Gasteiger partial charge < -0.3 is 10.6 Å². The van der Waals surface area contributed by atoms with Gasteiger partial charge in [-0.3, -0.25) is 14.5 Å². The molecule has 10 heteroatoms. The van der Waals surface area contributed by atoms with E-state index in [0.29, 0.717) is 15.6 Å². The third-order valence-corrected chi connectivity index (χ3v) is 4.69. The lowest BCUT2D eigenvalue weighted by Gasteiger charge is -2.25. The van der Waals surface area contributed by atoms with Gasteiger partial charge in [0.2, 0.25) is 5.91 Å². The maximum atomic E-state index is 13.4. The first-order valence-electron chi connectivity index (χ1n) is 8.38. The van der Waals surface area contributed by atoms with Gasteiger partial charge in [0.1, 0.15) is 12.1 Å². The summed E-state index contributed by atoms with van der Waals surface area (Å²) in [6.45, 7) is 0.508. The molecule has 2 aromatic rings. The van der Waals surface area contributed by atoms with Gasteiger partial charge in [-0.1, -0.05) is 35.9 Å². The molecule has 0 aliphatic carbocycles. The Kier molecular flexibility index (Phi) is 5.27. The highest BCUT2D eigenvalue weighted by atomic mass is 35.5. The molecule has 152 valence electrons. The molecular formula is C19H15ClF3N3O3. The van der Waals surface area contributed by atoms with Crippen molar-refractivity contribution in [3.05, 3.63) is 64.7 Å². The lowest BCUT2D eigenvalue weighted by Crippen LogP contribution is -2.43. The van der Waals surface area contributed by atoms with Crippen molar-refractivity contribution in [2.24, 2.45) is 0 Å². The number of hydrogen-bond acceptors (Lipinski definition) is 3. The minimum absolute atomic E-state index is 0.347. The number of alkyl halides is 3. The fourth-order valence-corrected chi connectivity index (χ4v) is 3.29. The van der Waals surface area contributed by atoms with E-state index in [1.165, 1.54) is 25.1 Å². The van der Waals surface area contributed by atoms with Crippen molar-refractivity contribution >= 4 is 35.1 Å². The monoisotopic (exact) mass is 425 g/mol. The van der Waals surface area contributed by atoms with E-state index < -0.39 is 47.2 Å². The van der Waals surface area contributed by atoms with Gasteiger partial charge >= 0.3 is 12.2 Å². The van der Waals surface area contributed by atoms with Crippen LogP contribution in [0.3, 0.4) is 0 Å². The number of carbonyl (C=O) groups excluding carboxylic acids is 3. The summed E-state index contributed by atoms with van der Waals surface area (Å²) in [6, 6.07) is 9.72. The Morgan fingerprint density at radius 3 is 2.52 bits per heavy atom. The molecule has 0 radical (unpaired) electrons. The Labute approximate surface area is 168 Å². The number of halogens is 4. The van der Waals surface area contributed by atoms with Crippen molar-refractivity contribution in [3.63, 3.8) is 0 Å². The summed E-state index contributed by atoms with van der Waals surface area (Å²) < 4.78 is 40.1. The summed E-state index contributed by atoms with van der Waals surface area (Å²) in [7, 11) is 0. The largest absolute Gasteiger partial charge is 0.416 e. The average molecular weight is 426 g/mol. The topological polar surface area (TPSA) is 78.5 Å². The van der Waals surface area contributed by atoms with E-state index in [4.69, 9.17) is 11.6 Å². The number of amides is 4. The first-order chi connectivity index (χ1) is 13.5. The van der Waals surface area contributed by atoms with Gasteiger partial charge in [-0.25, -0.2) is 4.79 Å². The van der Waals surface area contributed by atoms with Crippen LogP contribution in [0.5, 0.6) is 0 Å². The van der Waals surface area contributed by atoms with E-state index in [1.807, 2.05) is 0 Å². The van der Waals surface area contributed by atoms with Crippen molar-refractivity contribution < 1.29 is 27.6 Å². The quantitative estimate of drug-likeness (QED) is 0.732. The molecular weight excluding hydrogens is 411 g/mol. The summed E-state index contributed by atoms with van der Waals surface area (Å²) in [5.74, 6) is -1.66. The number of rotatable bonds is 4. The van der Waals surface area contributed by atoms with Gasteiger partial charge in [-0.2, -0.15) is 13.2 Å². The molecule has 0 bridgehead atoms. The van der Waals surface area contributed by atoms with E-state index in [0.717, 1.165) is 12.1 Å². The average Bonchev–Trinajstić information content (AvgIpc) is 2.85. The minimum atomic E-state index is -4.72. The van der Waals surface area contributed by atoms with Crippen LogP contribution in [-0.2, 0) is 21.3 Å². The smallest absolute Gasteiger partial charge is 0.324 e. The fourth-order valence-electron chi connectivity index (χ4n) is 3.10. The fraction of sp³-hybridized carbons (Fsp3) is 0.211. The minimum Gasteiger partial charge on any atom is -0.324 e. The van der Waals surface area contributed by atoms with Crippen LogP contribution in [0.15, 0.2) is 48.5 Å². The summed E-state index contributed by atoms with van der Waals surface area (Å²) in [5.41, 5.74) is -3.05. The van der Waals surface area contributed by atoms with Crippen LogP contribution in [0.1, 0.15) is 18.1 Å². The summed E-state index contributed by atoms with van der Waals surface area (Å²) in [6.07, 6.45) is -4.72. The van der Waals surface area contributed by atoms with Gasteiger partial charge in [-0.05, 0) is 36.8 Å². The van der Waals surface area contributed by atoms with Crippen LogP contribution in [0.25, 0.3) is 0 Å². The number of anilines is 1. The molecule has 1 fully saturated rings. The van der Waals surface area contributed by atoms with Crippen molar-refractivity contribution in [2.75, 3.05) is 11.9 Å². The molecule has 0 spiro atoms. The second kappa shape index (κ2) is 7.40. The molecule has 1 saturated heterocycles. The van der Waals surface area contributed by atoms with Crippen LogP contribution in [0.2, 0.25) is 5.02 Å². The number of hydrogen-bond donors (Lipinski definition) is 2. The van der Waals surface area contributed by atoms with Gasteiger partial charge in [0.15, 0.2) is 0 Å². The number of nitrogens with one attached hydrogen (secondary N) is 2. The highest BCUT2D eigenvalue weighted by Gasteiger charge is 2.52. The number of carbonyl (C=O) groups is 3. The second-order valence-corrected chi connectivity index (χ2v) is 6.98. The van der Waals surface area contributed by atoms with Gasteiger partial charge in [0, 0.05) is 10.7 Å². The number of benzene rings is 2. The molecule has 0 unspecified atom stereocenters. The normalized spacial score (nSPS) is 19.3. The van der Waals surface area contributed by atoms with E-state index in [-0.39, 0.29) is 0 Å². The molecule has 1 atom stereocenters. The first kappa shape index (κ1) is 20.7. The summed E-state index contributed by atoms with van der Waals surface area (Å²) >= 11 is 5.83. The molecule has 1 aliphatic rings. The second-order valence-electron chi connectivity index (χ2n) is 6.55. The maximum absolute atomic E-state index is 13.4. The molecule has 4 amide bonds. The van der Waals surface area contributed by atoms with Gasteiger partial charge in [0.05, 0.1) is 5.56 Å². The van der Waals surface area contributed by atoms with Crippen LogP contribution in [0.4, 0.5) is 23.7 Å². The zero-order valence-electron chi connectivity index (χ0n) is 15.0. The zero-order chi connectivity index (χ0) is 21.4. The standard InChI is InChI=1S/C19H15ClF3N3O3/c1-18(13-7-2-3-8-14(13)19(21,22)23)16(28)26(17(29)25-18)10-15(27)24-12-6-4-5-11(20)9-12/h2-9H,10H2,1H3,(H,24,27)(H,25,29)/t18-/m0/s1. The van der Waals surface area contributed by atoms with E-state index >= 15 is 0 Å². The lowest BCUT2D eigenvalue weighted by molar-refractivity contribution is -0.140. The first-order valence-corrected chi connectivity index (χ1v) is 8.76. The van der Waals surface area contributed by atoms with E-state index in [1.54, 1.807) is 18.2 Å². The molecule has 0 saturated carbocycles. The highest BCUT2D eigenvalue weighted by Crippen LogP contribution is 2.39. The molecule has 0 aromatic heterocycles. The Morgan fingerprint density at radius 1 is 1.17 bits per heavy atom. The molecule has 29 heavy (non-hydrogen) atoms. The third kappa shape index (κ3) is 4.04. The van der Waals surface area contributed by atoms with Gasteiger partial charge in [0.25, 0.3) is 5.91 Å². The predicted molar refractivity (Wildman–Crippen MR) is 99.1 cm³/mol. The number of urea groups is 1. The predicted octanol–water partition coefficient (Wildman–Crippen LogP) is 3.76. The molecule has 1 aliphatic heterocycles. The Hall–Kier alpha value is -3.07. The molecule has 1 heterocycles. The van der Waals surface area contributed by atoms with E-state index in [9.17, 15) is 27.6 Å². The van der Waals surface area contributed by atoms with Crippen molar-refractivity contribution in [2.45, 2.75) is 18.6 Å². The van der Waals surface area contributed by atoms with Crippen LogP contribution >= 0.6 is 11.6 Å². The SMILES string of the molecule is C[C@@]1(c2ccccc2C(F)(F)F)NC(=O)N(CC(=O)Nc2cccc(Cl)c2)C1=O.